The first kappa shape index (κ1) is 76.2. The molecule has 0 aromatic rings. The van der Waals surface area contributed by atoms with Gasteiger partial charge in [0.05, 0.1) is 32.0 Å². The minimum absolute atomic E-state index is 0.00440. The van der Waals surface area contributed by atoms with Gasteiger partial charge in [0.25, 0.3) is 0 Å². The molecule has 0 spiro atoms. The Morgan fingerprint density at radius 2 is 0.800 bits per heavy atom. The summed E-state index contributed by atoms with van der Waals surface area (Å²) in [7, 11) is 0. The van der Waals surface area contributed by atoms with E-state index in [0.717, 1.165) is 57.8 Å². The molecule has 0 saturated carbocycles. The number of allylic oxidation sites excluding steroid dienone is 3. The van der Waals surface area contributed by atoms with Crippen molar-refractivity contribution in [2.24, 2.45) is 0 Å². The Bertz CT molecular complexity index is 1380. The molecule has 1 aliphatic heterocycles. The van der Waals surface area contributed by atoms with Crippen LogP contribution in [0.4, 0.5) is 0 Å². The van der Waals surface area contributed by atoms with Crippen LogP contribution in [0.3, 0.4) is 0 Å². The van der Waals surface area contributed by atoms with Gasteiger partial charge in [0.15, 0.2) is 6.29 Å². The number of carbonyl (C=O) groups excluding carboxylic acids is 2. The first-order valence-corrected chi connectivity index (χ1v) is 34.6. The molecule has 7 unspecified atom stereocenters. The summed E-state index contributed by atoms with van der Waals surface area (Å²) < 4.78 is 16.7. The highest BCUT2D eigenvalue weighted by Crippen LogP contribution is 2.23. The van der Waals surface area contributed by atoms with Gasteiger partial charge in [-0.1, -0.05) is 295 Å². The summed E-state index contributed by atoms with van der Waals surface area (Å²) in [4.78, 5) is 25.1. The number of carbonyl (C=O) groups is 2. The molecule has 0 bridgehead atoms. The van der Waals surface area contributed by atoms with Crippen molar-refractivity contribution >= 4 is 11.9 Å². The number of esters is 1. The second-order valence-electron chi connectivity index (χ2n) is 24.2. The van der Waals surface area contributed by atoms with Gasteiger partial charge in [-0.3, -0.25) is 9.59 Å². The molecule has 11 heteroatoms. The maximum Gasteiger partial charge on any atom is 0.305 e. The zero-order valence-corrected chi connectivity index (χ0v) is 52.3. The van der Waals surface area contributed by atoms with Crippen molar-refractivity contribution < 1.29 is 49.3 Å². The molecule has 0 aromatic heterocycles. The van der Waals surface area contributed by atoms with Crippen LogP contribution >= 0.6 is 0 Å². The Labute approximate surface area is 492 Å². The van der Waals surface area contributed by atoms with Crippen molar-refractivity contribution in [3.8, 4) is 0 Å². The van der Waals surface area contributed by atoms with Crippen molar-refractivity contribution in [2.45, 2.75) is 384 Å². The molecule has 472 valence electrons. The Morgan fingerprint density at radius 1 is 0.450 bits per heavy atom. The number of amides is 1. The van der Waals surface area contributed by atoms with Crippen LogP contribution in [0, 0.1) is 0 Å². The molecule has 1 heterocycles. The highest BCUT2D eigenvalue weighted by molar-refractivity contribution is 5.76. The van der Waals surface area contributed by atoms with Crippen LogP contribution in [0.25, 0.3) is 0 Å². The van der Waals surface area contributed by atoms with Gasteiger partial charge >= 0.3 is 5.97 Å². The lowest BCUT2D eigenvalue weighted by Crippen LogP contribution is -2.60. The fourth-order valence-corrected chi connectivity index (χ4v) is 11.1. The summed E-state index contributed by atoms with van der Waals surface area (Å²) in [5, 5.41) is 54.3. The van der Waals surface area contributed by atoms with E-state index in [4.69, 9.17) is 14.2 Å². The van der Waals surface area contributed by atoms with E-state index in [-0.39, 0.29) is 18.5 Å². The molecule has 1 saturated heterocycles. The number of aliphatic hydroxyl groups excluding tert-OH is 5. The number of ether oxygens (including phenoxy) is 3. The Kier molecular flexibility index (Phi) is 56.1. The first-order valence-electron chi connectivity index (χ1n) is 34.6. The molecule has 6 N–H and O–H groups in total. The molecule has 80 heavy (non-hydrogen) atoms. The normalized spacial score (nSPS) is 18.4. The molecule has 0 aliphatic carbocycles. The second kappa shape index (κ2) is 58.9. The Hall–Kier alpha value is -1.86. The van der Waals surface area contributed by atoms with E-state index in [2.05, 4.69) is 31.3 Å². The molecule has 1 rings (SSSR count). The molecule has 0 radical (unpaired) electrons. The van der Waals surface area contributed by atoms with Gasteiger partial charge in [0.1, 0.15) is 24.4 Å². The van der Waals surface area contributed by atoms with Crippen molar-refractivity contribution in [2.75, 3.05) is 19.8 Å². The number of hydrogen-bond donors (Lipinski definition) is 6. The third-order valence-corrected chi connectivity index (χ3v) is 16.6. The lowest BCUT2D eigenvalue weighted by atomic mass is 9.99. The fourth-order valence-electron chi connectivity index (χ4n) is 11.1. The standard InChI is InChI=1S/C69H131NO10/c1-3-5-7-9-11-13-14-15-16-17-24-28-31-34-37-41-45-49-53-57-65(74)78-58-54-50-46-42-38-35-32-29-26-23-21-19-18-20-22-25-27-30-33-36-40-44-48-52-56-64(73)70-61(62(72)55-51-47-43-39-12-10-8-6-4-2)60-79-69-68(77)67(76)66(75)63(59-71)80-69/h15-16,51,55,61-63,66-69,71-72,75-77H,3-14,17-50,52-54,56-60H2,1-2H3,(H,70,73)/b16-15-,55-51+. The topological polar surface area (TPSA) is 175 Å². The molecule has 0 aromatic carbocycles. The smallest absolute Gasteiger partial charge is 0.305 e. The fraction of sp³-hybridized carbons (Fsp3) is 0.913. The predicted molar refractivity (Wildman–Crippen MR) is 334 cm³/mol. The van der Waals surface area contributed by atoms with Gasteiger partial charge < -0.3 is 45.1 Å². The minimum atomic E-state index is -1.57. The molecule has 11 nitrogen and oxygen atoms in total. The average molecular weight is 1130 g/mol. The molecule has 1 fully saturated rings. The van der Waals surface area contributed by atoms with Crippen LogP contribution < -0.4 is 5.32 Å². The third kappa shape index (κ3) is 47.5. The van der Waals surface area contributed by atoms with Crippen molar-refractivity contribution in [1.82, 2.24) is 5.32 Å². The second-order valence-corrected chi connectivity index (χ2v) is 24.2. The van der Waals surface area contributed by atoms with E-state index in [1.54, 1.807) is 6.08 Å². The maximum absolute atomic E-state index is 13.0. The minimum Gasteiger partial charge on any atom is -0.466 e. The largest absolute Gasteiger partial charge is 0.466 e. The number of nitrogens with one attached hydrogen (secondary N) is 1. The molecule has 7 atom stereocenters. The van der Waals surface area contributed by atoms with Crippen LogP contribution in [0.2, 0.25) is 0 Å². The SMILES string of the molecule is CCCCCCCC/C=C\CCCCCCCCCCCC(=O)OCCCCCCCCCCCCCCCCCCCCCCCCCCC(=O)NC(COC1OC(CO)C(O)C(O)C1O)C(O)/C=C/CCCCCCCCC. The lowest BCUT2D eigenvalue weighted by molar-refractivity contribution is -0.302. The average Bonchev–Trinajstić information content (AvgIpc) is 3.45. The monoisotopic (exact) mass is 1130 g/mol. The third-order valence-electron chi connectivity index (χ3n) is 16.6. The van der Waals surface area contributed by atoms with Gasteiger partial charge in [-0.05, 0) is 57.8 Å². The van der Waals surface area contributed by atoms with Crippen LogP contribution in [0.5, 0.6) is 0 Å². The number of rotatable bonds is 61. The van der Waals surface area contributed by atoms with Gasteiger partial charge in [0.2, 0.25) is 5.91 Å². The van der Waals surface area contributed by atoms with Crippen LogP contribution in [0.15, 0.2) is 24.3 Å². The molecule has 1 amide bonds. The zero-order valence-electron chi connectivity index (χ0n) is 52.3. The summed E-state index contributed by atoms with van der Waals surface area (Å²) in [6.07, 6.45) is 63.2. The summed E-state index contributed by atoms with van der Waals surface area (Å²) in [6, 6.07) is -0.807. The molecular formula is C69H131NO10. The maximum atomic E-state index is 13.0. The van der Waals surface area contributed by atoms with Crippen LogP contribution in [-0.4, -0.2) is 100 Å². The zero-order chi connectivity index (χ0) is 58.0. The van der Waals surface area contributed by atoms with Crippen molar-refractivity contribution in [3.63, 3.8) is 0 Å². The van der Waals surface area contributed by atoms with Crippen molar-refractivity contribution in [1.29, 1.82) is 0 Å². The Balaban J connectivity index is 1.91. The van der Waals surface area contributed by atoms with E-state index in [0.29, 0.717) is 19.4 Å². The van der Waals surface area contributed by atoms with Gasteiger partial charge in [0, 0.05) is 12.8 Å². The number of hydrogen-bond acceptors (Lipinski definition) is 10. The first-order chi connectivity index (χ1) is 39.2. The van der Waals surface area contributed by atoms with E-state index >= 15 is 0 Å². The quantitative estimate of drug-likeness (QED) is 0.0195. The molecule has 1 aliphatic rings. The highest BCUT2D eigenvalue weighted by atomic mass is 16.7. The van der Waals surface area contributed by atoms with Crippen LogP contribution in [0.1, 0.15) is 341 Å². The van der Waals surface area contributed by atoms with Gasteiger partial charge in [-0.15, -0.1) is 0 Å². The summed E-state index contributed by atoms with van der Waals surface area (Å²) in [6.45, 7) is 4.34. The number of aliphatic hydroxyl groups is 5. The van der Waals surface area contributed by atoms with Gasteiger partial charge in [-0.25, -0.2) is 0 Å². The van der Waals surface area contributed by atoms with E-state index in [1.165, 1.54) is 257 Å². The highest BCUT2D eigenvalue weighted by Gasteiger charge is 2.44. The van der Waals surface area contributed by atoms with E-state index < -0.39 is 49.5 Å². The van der Waals surface area contributed by atoms with E-state index in [1.807, 2.05) is 6.08 Å². The number of unbranched alkanes of at least 4 members (excludes halogenated alkanes) is 45. The molecular weight excluding hydrogens is 1000 g/mol. The summed E-state index contributed by atoms with van der Waals surface area (Å²) in [5.41, 5.74) is 0. The van der Waals surface area contributed by atoms with E-state index in [9.17, 15) is 35.1 Å². The predicted octanol–water partition coefficient (Wildman–Crippen LogP) is 17.2. The summed E-state index contributed by atoms with van der Waals surface area (Å²) in [5.74, 6) is -0.177. The summed E-state index contributed by atoms with van der Waals surface area (Å²) >= 11 is 0. The Morgan fingerprint density at radius 3 is 1.20 bits per heavy atom. The van der Waals surface area contributed by atoms with Gasteiger partial charge in [-0.2, -0.15) is 0 Å². The van der Waals surface area contributed by atoms with Crippen molar-refractivity contribution in [3.05, 3.63) is 24.3 Å². The van der Waals surface area contributed by atoms with Crippen LogP contribution in [-0.2, 0) is 23.8 Å². The lowest BCUT2D eigenvalue weighted by Gasteiger charge is -2.40.